The van der Waals surface area contributed by atoms with Crippen LogP contribution in [0.4, 0.5) is 29.3 Å². The van der Waals surface area contributed by atoms with Crippen LogP contribution in [0, 0.1) is 5.82 Å². The molecule has 0 radical (unpaired) electrons. The van der Waals surface area contributed by atoms with Gasteiger partial charge < -0.3 is 9.64 Å². The number of carbonyl (C=O) groups is 2. The highest BCUT2D eigenvalue weighted by molar-refractivity contribution is 7.80. The second kappa shape index (κ2) is 9.61. The lowest BCUT2D eigenvalue weighted by Gasteiger charge is -2.24. The summed E-state index contributed by atoms with van der Waals surface area (Å²) >= 11 is 5.10. The Balaban J connectivity index is 1.64. The quantitative estimate of drug-likeness (QED) is 0.624. The smallest absolute Gasteiger partial charge is 0.414 e. The molecule has 0 N–H and O–H groups in total. The number of ketones is 1. The zero-order chi connectivity index (χ0) is 21.8. The van der Waals surface area contributed by atoms with Crippen molar-refractivity contribution >= 4 is 40.5 Å². The van der Waals surface area contributed by atoms with E-state index in [1.807, 2.05) is 4.90 Å². The van der Waals surface area contributed by atoms with Crippen molar-refractivity contribution in [1.82, 2.24) is 5.06 Å². The molecule has 164 valence electrons. The van der Waals surface area contributed by atoms with Crippen LogP contribution >= 0.6 is 12.2 Å². The van der Waals surface area contributed by atoms with Crippen LogP contribution in [0.25, 0.3) is 0 Å². The Morgan fingerprint density at radius 2 is 2.07 bits per heavy atom. The normalized spacial score (nSPS) is 19.8. The molecule has 1 atom stereocenters. The Hall–Kier alpha value is -2.40. The van der Waals surface area contributed by atoms with Gasteiger partial charge in [0.2, 0.25) is 0 Å². The molecule has 0 spiro atoms. The van der Waals surface area contributed by atoms with E-state index in [-0.39, 0.29) is 19.4 Å². The van der Waals surface area contributed by atoms with E-state index in [2.05, 4.69) is 0 Å². The molecule has 2 fully saturated rings. The molecule has 2 aliphatic heterocycles. The summed E-state index contributed by atoms with van der Waals surface area (Å²) in [4.78, 5) is 32.4. The van der Waals surface area contributed by atoms with E-state index in [0.29, 0.717) is 42.6 Å². The number of ether oxygens (including phenoxy) is 1. The summed E-state index contributed by atoms with van der Waals surface area (Å²) in [5.41, 5.74) is 0.671. The van der Waals surface area contributed by atoms with E-state index in [4.69, 9.17) is 21.8 Å². The van der Waals surface area contributed by atoms with Gasteiger partial charge in [0.05, 0.1) is 31.1 Å². The first-order valence-corrected chi connectivity index (χ1v) is 9.91. The molecule has 30 heavy (non-hydrogen) atoms. The zero-order valence-corrected chi connectivity index (χ0v) is 17.2. The maximum absolute atomic E-state index is 14.8. The number of cyclic esters (lactones) is 1. The molecule has 1 aromatic carbocycles. The fourth-order valence-electron chi connectivity index (χ4n) is 3.35. The van der Waals surface area contributed by atoms with Gasteiger partial charge in [0.15, 0.2) is 5.78 Å². The number of hydroxylamine groups is 2. The SMILES string of the molecule is CC(=S)N1CCN(c2ccc(N3C[C@H](CCC(=O)C(F)F)OC3=O)cc2F)CCO1. The molecule has 11 heteroatoms. The van der Waals surface area contributed by atoms with Gasteiger partial charge in [0.25, 0.3) is 6.43 Å². The molecular formula is C19H22F3N3O4S. The van der Waals surface area contributed by atoms with Gasteiger partial charge in [-0.2, -0.15) is 0 Å². The third-order valence-electron chi connectivity index (χ3n) is 4.95. The number of alkyl halides is 2. The number of rotatable bonds is 6. The summed E-state index contributed by atoms with van der Waals surface area (Å²) in [5, 5.41) is 1.60. The molecule has 0 unspecified atom stereocenters. The van der Waals surface area contributed by atoms with Crippen molar-refractivity contribution in [3.63, 3.8) is 0 Å². The molecular weight excluding hydrogens is 423 g/mol. The van der Waals surface area contributed by atoms with Crippen molar-refractivity contribution in [2.45, 2.75) is 32.3 Å². The molecule has 0 bridgehead atoms. The summed E-state index contributed by atoms with van der Waals surface area (Å²) in [6.07, 6.45) is -4.83. The minimum atomic E-state index is -3.04. The van der Waals surface area contributed by atoms with Gasteiger partial charge in [-0.3, -0.25) is 14.5 Å². The number of carbonyl (C=O) groups excluding carboxylic acids is 2. The van der Waals surface area contributed by atoms with E-state index < -0.39 is 30.2 Å². The number of halogens is 3. The Morgan fingerprint density at radius 3 is 2.73 bits per heavy atom. The van der Waals surface area contributed by atoms with Crippen LogP contribution in [0.3, 0.4) is 0 Å². The second-order valence-electron chi connectivity index (χ2n) is 7.00. The minimum Gasteiger partial charge on any atom is -0.444 e. The third-order valence-corrected chi connectivity index (χ3v) is 5.15. The van der Waals surface area contributed by atoms with E-state index >= 15 is 0 Å². The van der Waals surface area contributed by atoms with E-state index in [9.17, 15) is 22.8 Å². The number of thiocarbonyl (C=S) groups is 1. The van der Waals surface area contributed by atoms with Gasteiger partial charge in [-0.15, -0.1) is 0 Å². The first-order chi connectivity index (χ1) is 14.3. The van der Waals surface area contributed by atoms with Crippen molar-refractivity contribution < 1.29 is 32.3 Å². The predicted molar refractivity (Wildman–Crippen MR) is 107 cm³/mol. The number of amides is 1. The molecule has 0 aromatic heterocycles. The van der Waals surface area contributed by atoms with Gasteiger partial charge in [0, 0.05) is 19.5 Å². The predicted octanol–water partition coefficient (Wildman–Crippen LogP) is 3.17. The van der Waals surface area contributed by atoms with Gasteiger partial charge in [-0.1, -0.05) is 12.2 Å². The van der Waals surface area contributed by atoms with Crippen molar-refractivity contribution in [2.24, 2.45) is 0 Å². The molecule has 2 aliphatic rings. The summed E-state index contributed by atoms with van der Waals surface area (Å²) in [6, 6.07) is 4.41. The number of hydrogen-bond acceptors (Lipinski definition) is 6. The summed E-state index contributed by atoms with van der Waals surface area (Å²) in [7, 11) is 0. The van der Waals surface area contributed by atoms with Crippen LogP contribution in [0.2, 0.25) is 0 Å². The Morgan fingerprint density at radius 1 is 1.30 bits per heavy atom. The third kappa shape index (κ3) is 5.20. The largest absolute Gasteiger partial charge is 0.444 e. The minimum absolute atomic E-state index is 0.00442. The number of benzene rings is 1. The van der Waals surface area contributed by atoms with E-state index in [0.717, 1.165) is 0 Å². The molecule has 3 rings (SSSR count). The lowest BCUT2D eigenvalue weighted by atomic mass is 10.1. The van der Waals surface area contributed by atoms with Gasteiger partial charge >= 0.3 is 6.09 Å². The van der Waals surface area contributed by atoms with Crippen LogP contribution in [-0.4, -0.2) is 67.2 Å². The van der Waals surface area contributed by atoms with Crippen molar-refractivity contribution in [1.29, 1.82) is 0 Å². The first-order valence-electron chi connectivity index (χ1n) is 9.50. The molecule has 1 aromatic rings. The van der Waals surface area contributed by atoms with Crippen LogP contribution in [-0.2, 0) is 14.4 Å². The van der Waals surface area contributed by atoms with Crippen LogP contribution in [0.1, 0.15) is 19.8 Å². The molecule has 0 saturated carbocycles. The van der Waals surface area contributed by atoms with Crippen molar-refractivity contribution in [2.75, 3.05) is 42.6 Å². The standard InChI is InChI=1S/C19H22F3N3O4S/c1-12(30)25-7-6-23(8-9-28-25)16-4-2-13(10-15(16)20)24-11-14(29-19(24)27)3-5-17(26)18(21)22/h2,4,10,14,18H,3,5-9,11H2,1H3/t14-/m0/s1. The first kappa shape index (κ1) is 22.3. The Labute approximate surface area is 177 Å². The van der Waals surface area contributed by atoms with Crippen molar-refractivity contribution in [3.8, 4) is 0 Å². The summed E-state index contributed by atoms with van der Waals surface area (Å²) in [5.74, 6) is -1.70. The van der Waals surface area contributed by atoms with Gasteiger partial charge in [-0.25, -0.2) is 23.0 Å². The summed E-state index contributed by atoms with van der Waals surface area (Å²) in [6.45, 7) is 3.65. The summed E-state index contributed by atoms with van der Waals surface area (Å²) < 4.78 is 44.6. The Bertz CT molecular complexity index is 826. The highest BCUT2D eigenvalue weighted by atomic mass is 32.1. The van der Waals surface area contributed by atoms with Crippen LogP contribution in [0.15, 0.2) is 18.2 Å². The average molecular weight is 445 g/mol. The molecule has 0 aliphatic carbocycles. The topological polar surface area (TPSA) is 62.3 Å². The number of anilines is 2. The molecule has 2 heterocycles. The number of hydrogen-bond donors (Lipinski definition) is 0. The molecule has 1 amide bonds. The Kier molecular flexibility index (Phi) is 7.14. The van der Waals surface area contributed by atoms with Gasteiger partial charge in [-0.05, 0) is 31.5 Å². The monoisotopic (exact) mass is 445 g/mol. The zero-order valence-electron chi connectivity index (χ0n) is 16.4. The maximum atomic E-state index is 14.8. The fourth-order valence-corrected chi connectivity index (χ4v) is 3.50. The lowest BCUT2D eigenvalue weighted by molar-refractivity contribution is -0.129. The number of Topliss-reactive ketones (excluding diaryl/α,β-unsaturated/α-hetero) is 1. The van der Waals surface area contributed by atoms with E-state index in [1.54, 1.807) is 24.1 Å². The van der Waals surface area contributed by atoms with Gasteiger partial charge in [0.1, 0.15) is 16.9 Å². The van der Waals surface area contributed by atoms with Crippen LogP contribution < -0.4 is 9.80 Å². The van der Waals surface area contributed by atoms with E-state index in [1.165, 1.54) is 11.0 Å². The second-order valence-corrected chi connectivity index (χ2v) is 7.59. The van der Waals surface area contributed by atoms with Crippen LogP contribution in [0.5, 0.6) is 0 Å². The van der Waals surface area contributed by atoms with Crippen molar-refractivity contribution in [3.05, 3.63) is 24.0 Å². The lowest BCUT2D eigenvalue weighted by Crippen LogP contribution is -2.32. The number of nitrogens with zero attached hydrogens (tertiary/aromatic N) is 3. The molecule has 2 saturated heterocycles. The highest BCUT2D eigenvalue weighted by Gasteiger charge is 2.33. The molecule has 7 nitrogen and oxygen atoms in total. The maximum Gasteiger partial charge on any atom is 0.414 e. The highest BCUT2D eigenvalue weighted by Crippen LogP contribution is 2.29. The fraction of sp³-hybridized carbons (Fsp3) is 0.526. The average Bonchev–Trinajstić information content (AvgIpc) is 2.90.